The second kappa shape index (κ2) is 8.25. The Labute approximate surface area is 173 Å². The lowest BCUT2D eigenvalue weighted by molar-refractivity contribution is -0.915. The van der Waals surface area contributed by atoms with Crippen LogP contribution in [0.25, 0.3) is 0 Å². The molecule has 3 atom stereocenters. The normalized spacial score (nSPS) is 21.2. The molecule has 2 aromatic rings. The van der Waals surface area contributed by atoms with E-state index in [2.05, 4.69) is 51.2 Å². The van der Waals surface area contributed by atoms with E-state index >= 15 is 0 Å². The maximum Gasteiger partial charge on any atom is 0.231 e. The van der Waals surface area contributed by atoms with Gasteiger partial charge >= 0.3 is 0 Å². The number of hydrogen-bond acceptors (Lipinski definition) is 4. The fourth-order valence-electron chi connectivity index (χ4n) is 4.65. The van der Waals surface area contributed by atoms with Gasteiger partial charge in [-0.1, -0.05) is 38.1 Å². The van der Waals surface area contributed by atoms with Crippen LogP contribution < -0.4 is 19.1 Å². The standard InChI is InChI=1S/C24H31NO4/c1-15(2)11-16-5-7-17(8-6-16)20(26)13-19-22-18(9-10-25(19)3)12-21-23(24(22)27-4)29-14-28-21/h5-8,12,15,19-20,26H,9-11,13-14H2,1-4H3/p+1/t19-,20+/m0/s1. The highest BCUT2D eigenvalue weighted by atomic mass is 16.7. The molecule has 0 saturated heterocycles. The van der Waals surface area contributed by atoms with Gasteiger partial charge < -0.3 is 24.2 Å². The second-order valence-electron chi connectivity index (χ2n) is 8.71. The van der Waals surface area contributed by atoms with Gasteiger partial charge in [0, 0.05) is 12.8 Å². The molecule has 2 aliphatic rings. The Morgan fingerprint density at radius 1 is 1.21 bits per heavy atom. The molecule has 0 aliphatic carbocycles. The molecule has 0 amide bonds. The predicted molar refractivity (Wildman–Crippen MR) is 112 cm³/mol. The van der Waals surface area contributed by atoms with E-state index in [4.69, 9.17) is 14.2 Å². The highest BCUT2D eigenvalue weighted by molar-refractivity contribution is 5.61. The minimum Gasteiger partial charge on any atom is -0.492 e. The van der Waals surface area contributed by atoms with Gasteiger partial charge in [-0.25, -0.2) is 0 Å². The lowest BCUT2D eigenvalue weighted by Gasteiger charge is -2.34. The predicted octanol–water partition coefficient (Wildman–Crippen LogP) is 2.86. The van der Waals surface area contributed by atoms with E-state index in [0.29, 0.717) is 18.1 Å². The largest absolute Gasteiger partial charge is 0.492 e. The number of likely N-dealkylation sites (N-methyl/N-ethyl adjacent to an activating group) is 1. The number of benzene rings is 2. The Bertz CT molecular complexity index is 862. The summed E-state index contributed by atoms with van der Waals surface area (Å²) in [5.74, 6) is 2.85. The molecule has 0 spiro atoms. The Morgan fingerprint density at radius 3 is 2.66 bits per heavy atom. The number of nitrogens with one attached hydrogen (secondary N) is 1. The molecule has 0 saturated carbocycles. The van der Waals surface area contributed by atoms with E-state index in [1.54, 1.807) is 7.11 Å². The fourth-order valence-corrected chi connectivity index (χ4v) is 4.65. The third kappa shape index (κ3) is 3.94. The zero-order valence-electron chi connectivity index (χ0n) is 17.8. The number of rotatable bonds is 6. The summed E-state index contributed by atoms with van der Waals surface area (Å²) in [5.41, 5.74) is 4.67. The number of aliphatic hydroxyl groups is 1. The Hall–Kier alpha value is -2.24. The summed E-state index contributed by atoms with van der Waals surface area (Å²) < 4.78 is 17.1. The summed E-state index contributed by atoms with van der Waals surface area (Å²) in [6.45, 7) is 5.69. The van der Waals surface area contributed by atoms with Crippen molar-refractivity contribution in [3.05, 3.63) is 52.6 Å². The first-order chi connectivity index (χ1) is 14.0. The van der Waals surface area contributed by atoms with Gasteiger partial charge in [0.1, 0.15) is 6.04 Å². The summed E-state index contributed by atoms with van der Waals surface area (Å²) in [4.78, 5) is 1.38. The maximum atomic E-state index is 11.0. The molecule has 2 N–H and O–H groups in total. The molecular formula is C24H32NO4+. The van der Waals surface area contributed by atoms with Crippen LogP contribution in [0.1, 0.15) is 54.7 Å². The highest BCUT2D eigenvalue weighted by Crippen LogP contribution is 2.48. The molecule has 0 bridgehead atoms. The van der Waals surface area contributed by atoms with Crippen molar-refractivity contribution in [2.24, 2.45) is 5.92 Å². The van der Waals surface area contributed by atoms with Crippen molar-refractivity contribution in [1.29, 1.82) is 0 Å². The first-order valence-electron chi connectivity index (χ1n) is 10.6. The van der Waals surface area contributed by atoms with Crippen molar-refractivity contribution in [2.45, 2.75) is 45.3 Å². The van der Waals surface area contributed by atoms with Crippen LogP contribution >= 0.6 is 0 Å². The van der Waals surface area contributed by atoms with E-state index in [1.807, 2.05) is 0 Å². The van der Waals surface area contributed by atoms with Crippen LogP contribution in [-0.4, -0.2) is 32.6 Å². The molecule has 2 heterocycles. The average Bonchev–Trinajstić information content (AvgIpc) is 3.16. The van der Waals surface area contributed by atoms with Crippen molar-refractivity contribution in [3.63, 3.8) is 0 Å². The minimum atomic E-state index is -0.524. The van der Waals surface area contributed by atoms with Gasteiger partial charge in [0.2, 0.25) is 12.5 Å². The first kappa shape index (κ1) is 20.0. The van der Waals surface area contributed by atoms with Crippen LogP contribution in [-0.2, 0) is 12.8 Å². The van der Waals surface area contributed by atoms with E-state index in [0.717, 1.165) is 42.0 Å². The van der Waals surface area contributed by atoms with Crippen LogP contribution in [0.5, 0.6) is 17.2 Å². The number of aliphatic hydroxyl groups excluding tert-OH is 1. The molecule has 5 nitrogen and oxygen atoms in total. The first-order valence-corrected chi connectivity index (χ1v) is 10.6. The molecule has 0 radical (unpaired) electrons. The van der Waals surface area contributed by atoms with Gasteiger partial charge in [-0.15, -0.1) is 0 Å². The van der Waals surface area contributed by atoms with E-state index in [1.165, 1.54) is 16.0 Å². The van der Waals surface area contributed by atoms with Crippen molar-refractivity contribution >= 4 is 0 Å². The Balaban J connectivity index is 1.61. The molecular weight excluding hydrogens is 366 g/mol. The SMILES string of the molecule is COc1c2c(cc3c1[C@H](C[C@@H](O)c1ccc(CC(C)C)cc1)[NH+](C)CC3)OCO2. The number of quaternary nitrogens is 1. The molecule has 2 aliphatic heterocycles. The van der Waals surface area contributed by atoms with Gasteiger partial charge in [-0.2, -0.15) is 0 Å². The Morgan fingerprint density at radius 2 is 1.97 bits per heavy atom. The Kier molecular flexibility index (Phi) is 5.70. The molecule has 0 aromatic heterocycles. The van der Waals surface area contributed by atoms with Crippen LogP contribution in [0.4, 0.5) is 0 Å². The molecule has 2 aromatic carbocycles. The maximum absolute atomic E-state index is 11.0. The van der Waals surface area contributed by atoms with Crippen LogP contribution in [0, 0.1) is 5.92 Å². The lowest BCUT2D eigenvalue weighted by Crippen LogP contribution is -3.10. The molecule has 4 rings (SSSR count). The van der Waals surface area contributed by atoms with Gasteiger partial charge in [-0.3, -0.25) is 0 Å². The number of methoxy groups -OCH3 is 1. The lowest BCUT2D eigenvalue weighted by atomic mass is 9.87. The van der Waals surface area contributed by atoms with Gasteiger partial charge in [-0.05, 0) is 35.1 Å². The van der Waals surface area contributed by atoms with Crippen molar-refractivity contribution in [2.75, 3.05) is 27.5 Å². The van der Waals surface area contributed by atoms with Crippen LogP contribution in [0.2, 0.25) is 0 Å². The summed E-state index contributed by atoms with van der Waals surface area (Å²) >= 11 is 0. The molecule has 1 unspecified atom stereocenters. The minimum absolute atomic E-state index is 0.133. The van der Waals surface area contributed by atoms with Gasteiger partial charge in [0.15, 0.2) is 11.5 Å². The quantitative estimate of drug-likeness (QED) is 0.786. The topological polar surface area (TPSA) is 52.4 Å². The van der Waals surface area contributed by atoms with E-state index in [-0.39, 0.29) is 12.8 Å². The molecule has 156 valence electrons. The molecule has 29 heavy (non-hydrogen) atoms. The summed E-state index contributed by atoms with van der Waals surface area (Å²) in [7, 11) is 3.87. The summed E-state index contributed by atoms with van der Waals surface area (Å²) in [6.07, 6.45) is 2.14. The summed E-state index contributed by atoms with van der Waals surface area (Å²) in [5, 5.41) is 11.0. The molecule has 5 heteroatoms. The smallest absolute Gasteiger partial charge is 0.231 e. The van der Waals surface area contributed by atoms with Crippen molar-refractivity contribution in [1.82, 2.24) is 0 Å². The average molecular weight is 399 g/mol. The molecule has 0 fully saturated rings. The zero-order valence-corrected chi connectivity index (χ0v) is 17.8. The third-order valence-electron chi connectivity index (χ3n) is 6.15. The monoisotopic (exact) mass is 398 g/mol. The fraction of sp³-hybridized carbons (Fsp3) is 0.500. The second-order valence-corrected chi connectivity index (χ2v) is 8.71. The summed E-state index contributed by atoms with van der Waals surface area (Å²) in [6, 6.07) is 10.6. The van der Waals surface area contributed by atoms with E-state index < -0.39 is 6.10 Å². The zero-order chi connectivity index (χ0) is 20.5. The van der Waals surface area contributed by atoms with Gasteiger partial charge in [0.05, 0.1) is 32.4 Å². The van der Waals surface area contributed by atoms with Crippen molar-refractivity contribution in [3.8, 4) is 17.2 Å². The number of hydrogen-bond donors (Lipinski definition) is 2. The van der Waals surface area contributed by atoms with Gasteiger partial charge in [0.25, 0.3) is 0 Å². The van der Waals surface area contributed by atoms with Crippen molar-refractivity contribution < 1.29 is 24.2 Å². The van der Waals surface area contributed by atoms with Crippen LogP contribution in [0.3, 0.4) is 0 Å². The third-order valence-corrected chi connectivity index (χ3v) is 6.15. The number of fused-ring (bicyclic) bond motifs is 2. The van der Waals surface area contributed by atoms with Crippen LogP contribution in [0.15, 0.2) is 30.3 Å². The van der Waals surface area contributed by atoms with E-state index in [9.17, 15) is 5.11 Å². The highest BCUT2D eigenvalue weighted by Gasteiger charge is 2.37. The number of ether oxygens (including phenoxy) is 3.